The van der Waals surface area contributed by atoms with E-state index >= 15 is 0 Å². The summed E-state index contributed by atoms with van der Waals surface area (Å²) in [6.45, 7) is 1.21. The van der Waals surface area contributed by atoms with E-state index in [0.29, 0.717) is 18.7 Å². The van der Waals surface area contributed by atoms with Gasteiger partial charge in [0.05, 0.1) is 5.56 Å². The minimum absolute atomic E-state index is 0.0793. The topological polar surface area (TPSA) is 83.4 Å². The lowest BCUT2D eigenvalue weighted by Gasteiger charge is -2.31. The molecule has 2 rings (SSSR count). The van der Waals surface area contributed by atoms with Crippen molar-refractivity contribution >= 4 is 11.9 Å². The fourth-order valence-electron chi connectivity index (χ4n) is 2.18. The molecule has 6 nitrogen and oxygen atoms in total. The van der Waals surface area contributed by atoms with E-state index in [1.165, 1.54) is 18.7 Å². The Kier molecular flexibility index (Phi) is 3.86. The average molecular weight is 249 g/mol. The maximum atomic E-state index is 12.1. The molecule has 0 unspecified atom stereocenters. The number of carbonyl (C=O) groups excluding carboxylic acids is 1. The van der Waals surface area contributed by atoms with Crippen LogP contribution < -0.4 is 0 Å². The number of aromatic nitrogens is 2. The Labute approximate surface area is 105 Å². The molecule has 1 fully saturated rings. The van der Waals surface area contributed by atoms with Crippen LogP contribution in [0.15, 0.2) is 18.7 Å². The van der Waals surface area contributed by atoms with E-state index in [1.807, 2.05) is 0 Å². The molecule has 0 aromatic carbocycles. The van der Waals surface area contributed by atoms with Gasteiger partial charge in [0.2, 0.25) is 0 Å². The van der Waals surface area contributed by atoms with Crippen LogP contribution in [0.3, 0.4) is 0 Å². The van der Waals surface area contributed by atoms with Gasteiger partial charge in [-0.15, -0.1) is 0 Å². The predicted octanol–water partition coefficient (Wildman–Crippen LogP) is 0.804. The lowest BCUT2D eigenvalue weighted by Crippen LogP contribution is -2.39. The first-order chi connectivity index (χ1) is 8.66. The molecule has 1 aromatic heterocycles. The van der Waals surface area contributed by atoms with Crippen molar-refractivity contribution in [1.29, 1.82) is 0 Å². The van der Waals surface area contributed by atoms with Crippen molar-refractivity contribution in [2.45, 2.75) is 19.3 Å². The molecule has 0 spiro atoms. The normalized spacial score (nSPS) is 16.6. The lowest BCUT2D eigenvalue weighted by molar-refractivity contribution is -0.138. The van der Waals surface area contributed by atoms with E-state index in [9.17, 15) is 9.59 Å². The van der Waals surface area contributed by atoms with Crippen molar-refractivity contribution in [2.24, 2.45) is 5.92 Å². The second-order valence-corrected chi connectivity index (χ2v) is 4.46. The number of hydrogen-bond acceptors (Lipinski definition) is 4. The maximum Gasteiger partial charge on any atom is 0.303 e. The van der Waals surface area contributed by atoms with Crippen molar-refractivity contribution in [2.75, 3.05) is 13.1 Å². The summed E-state index contributed by atoms with van der Waals surface area (Å²) in [7, 11) is 0. The molecular weight excluding hydrogens is 234 g/mol. The van der Waals surface area contributed by atoms with E-state index in [-0.39, 0.29) is 18.2 Å². The molecule has 0 radical (unpaired) electrons. The third kappa shape index (κ3) is 3.03. The molecule has 1 saturated heterocycles. The molecule has 2 heterocycles. The summed E-state index contributed by atoms with van der Waals surface area (Å²) < 4.78 is 0. The van der Waals surface area contributed by atoms with Gasteiger partial charge >= 0.3 is 5.97 Å². The summed E-state index contributed by atoms with van der Waals surface area (Å²) in [6.07, 6.45) is 6.06. The van der Waals surface area contributed by atoms with Crippen LogP contribution in [0.5, 0.6) is 0 Å². The smallest absolute Gasteiger partial charge is 0.303 e. The van der Waals surface area contributed by atoms with Gasteiger partial charge in [-0.2, -0.15) is 0 Å². The van der Waals surface area contributed by atoms with E-state index < -0.39 is 5.97 Å². The number of carbonyl (C=O) groups is 2. The van der Waals surface area contributed by atoms with Crippen LogP contribution in [0.2, 0.25) is 0 Å². The Morgan fingerprint density at radius 3 is 2.44 bits per heavy atom. The summed E-state index contributed by atoms with van der Waals surface area (Å²) >= 11 is 0. The zero-order valence-electron chi connectivity index (χ0n) is 9.95. The van der Waals surface area contributed by atoms with Crippen molar-refractivity contribution in [3.63, 3.8) is 0 Å². The molecule has 0 bridgehead atoms. The van der Waals surface area contributed by atoms with E-state index in [4.69, 9.17) is 5.11 Å². The van der Waals surface area contributed by atoms with Gasteiger partial charge in [0.25, 0.3) is 5.91 Å². The highest BCUT2D eigenvalue weighted by Gasteiger charge is 2.25. The molecule has 0 aliphatic carbocycles. The minimum atomic E-state index is -0.767. The monoisotopic (exact) mass is 249 g/mol. The average Bonchev–Trinajstić information content (AvgIpc) is 2.39. The van der Waals surface area contributed by atoms with Gasteiger partial charge in [0.1, 0.15) is 6.33 Å². The van der Waals surface area contributed by atoms with Crippen LogP contribution in [0.1, 0.15) is 29.6 Å². The second kappa shape index (κ2) is 5.57. The zero-order valence-corrected chi connectivity index (χ0v) is 9.95. The van der Waals surface area contributed by atoms with Crippen molar-refractivity contribution in [3.8, 4) is 0 Å². The first kappa shape index (κ1) is 12.5. The van der Waals surface area contributed by atoms with Crippen LogP contribution >= 0.6 is 0 Å². The second-order valence-electron chi connectivity index (χ2n) is 4.46. The van der Waals surface area contributed by atoms with Gasteiger partial charge in [-0.05, 0) is 18.8 Å². The number of carboxylic acid groups (broad SMARTS) is 1. The standard InChI is InChI=1S/C12H15N3O3/c16-11(17)5-9-1-3-15(4-2-9)12(18)10-6-13-8-14-7-10/h6-9H,1-5H2,(H,16,17). The summed E-state index contributed by atoms with van der Waals surface area (Å²) in [4.78, 5) is 32.0. The highest BCUT2D eigenvalue weighted by atomic mass is 16.4. The summed E-state index contributed by atoms with van der Waals surface area (Å²) in [6, 6.07) is 0. The van der Waals surface area contributed by atoms with Crippen LogP contribution in [-0.4, -0.2) is 44.9 Å². The lowest BCUT2D eigenvalue weighted by atomic mass is 9.93. The van der Waals surface area contributed by atoms with E-state index in [1.54, 1.807) is 4.90 Å². The number of carboxylic acids is 1. The fraction of sp³-hybridized carbons (Fsp3) is 0.500. The third-order valence-electron chi connectivity index (χ3n) is 3.17. The molecule has 96 valence electrons. The van der Waals surface area contributed by atoms with E-state index in [0.717, 1.165) is 12.8 Å². The molecule has 1 aromatic rings. The predicted molar refractivity (Wildman–Crippen MR) is 62.9 cm³/mol. The molecule has 1 amide bonds. The number of likely N-dealkylation sites (tertiary alicyclic amines) is 1. The minimum Gasteiger partial charge on any atom is -0.481 e. The molecule has 1 aliphatic heterocycles. The summed E-state index contributed by atoms with van der Waals surface area (Å²) in [5, 5.41) is 8.72. The van der Waals surface area contributed by atoms with Crippen LogP contribution in [-0.2, 0) is 4.79 Å². The van der Waals surface area contributed by atoms with E-state index in [2.05, 4.69) is 9.97 Å². The zero-order chi connectivity index (χ0) is 13.0. The molecule has 18 heavy (non-hydrogen) atoms. The summed E-state index contributed by atoms with van der Waals surface area (Å²) in [5.74, 6) is -0.667. The molecular formula is C12H15N3O3. The quantitative estimate of drug-likeness (QED) is 0.856. The fourth-order valence-corrected chi connectivity index (χ4v) is 2.18. The molecule has 1 aliphatic rings. The third-order valence-corrected chi connectivity index (χ3v) is 3.17. The van der Waals surface area contributed by atoms with Crippen molar-refractivity contribution < 1.29 is 14.7 Å². The number of amides is 1. The Bertz CT molecular complexity index is 427. The number of piperidine rings is 1. The van der Waals surface area contributed by atoms with Gasteiger partial charge in [-0.1, -0.05) is 0 Å². The first-order valence-corrected chi connectivity index (χ1v) is 5.93. The van der Waals surface area contributed by atoms with Gasteiger partial charge in [0, 0.05) is 31.9 Å². The molecule has 1 N–H and O–H groups in total. The Hall–Kier alpha value is -1.98. The van der Waals surface area contributed by atoms with Gasteiger partial charge in [-0.3, -0.25) is 9.59 Å². The Morgan fingerprint density at radius 1 is 1.28 bits per heavy atom. The highest BCUT2D eigenvalue weighted by Crippen LogP contribution is 2.21. The Morgan fingerprint density at radius 2 is 1.89 bits per heavy atom. The van der Waals surface area contributed by atoms with Crippen LogP contribution in [0, 0.1) is 5.92 Å². The maximum absolute atomic E-state index is 12.1. The number of rotatable bonds is 3. The van der Waals surface area contributed by atoms with Crippen LogP contribution in [0.25, 0.3) is 0 Å². The van der Waals surface area contributed by atoms with Gasteiger partial charge < -0.3 is 10.0 Å². The SMILES string of the molecule is O=C(O)CC1CCN(C(=O)c2cncnc2)CC1. The van der Waals surface area contributed by atoms with Crippen molar-refractivity contribution in [1.82, 2.24) is 14.9 Å². The number of hydrogen-bond donors (Lipinski definition) is 1. The van der Waals surface area contributed by atoms with Crippen molar-refractivity contribution in [3.05, 3.63) is 24.3 Å². The molecule has 0 atom stereocenters. The Balaban J connectivity index is 1.90. The number of nitrogens with zero attached hydrogens (tertiary/aromatic N) is 3. The van der Waals surface area contributed by atoms with Gasteiger partial charge in [-0.25, -0.2) is 9.97 Å². The molecule has 6 heteroatoms. The highest BCUT2D eigenvalue weighted by molar-refractivity contribution is 5.93. The molecule has 0 saturated carbocycles. The van der Waals surface area contributed by atoms with Crippen LogP contribution in [0.4, 0.5) is 0 Å². The first-order valence-electron chi connectivity index (χ1n) is 5.93. The van der Waals surface area contributed by atoms with Gasteiger partial charge in [0.15, 0.2) is 0 Å². The number of aliphatic carboxylic acids is 1. The largest absolute Gasteiger partial charge is 0.481 e. The summed E-state index contributed by atoms with van der Waals surface area (Å²) in [5.41, 5.74) is 0.481.